The first-order chi connectivity index (χ1) is 2.89. The Morgan fingerprint density at radius 2 is 2.43 bits per heavy atom. The predicted octanol–water partition coefficient (Wildman–Crippen LogP) is 1.69. The smallest absolute Gasteiger partial charge is 0 e. The van der Waals surface area contributed by atoms with Gasteiger partial charge in [0.05, 0.1) is 0 Å². The molecule has 0 saturated carbocycles. The summed E-state index contributed by atoms with van der Waals surface area (Å²) in [4.78, 5) is 0. The van der Waals surface area contributed by atoms with Gasteiger partial charge < -0.3 is 0 Å². The SMILES string of the molecule is CC1=[C-]CC=C1.[Zr]. The second-order valence-electron chi connectivity index (χ2n) is 1.47. The summed E-state index contributed by atoms with van der Waals surface area (Å²) < 4.78 is 0. The van der Waals surface area contributed by atoms with E-state index in [1.807, 2.05) is 0 Å². The van der Waals surface area contributed by atoms with Gasteiger partial charge in [0.1, 0.15) is 0 Å². The zero-order chi connectivity index (χ0) is 4.41. The van der Waals surface area contributed by atoms with E-state index < -0.39 is 0 Å². The fourth-order valence-electron chi connectivity index (χ4n) is 0.515. The van der Waals surface area contributed by atoms with Gasteiger partial charge in [-0.25, -0.2) is 11.6 Å². The quantitative estimate of drug-likeness (QED) is 0.485. The van der Waals surface area contributed by atoms with Crippen molar-refractivity contribution in [1.29, 1.82) is 0 Å². The standard InChI is InChI=1S/C6H7.Zr/c1-6-4-2-3-5-6;/h2,4H,3H2,1H3;/q-1;. The Labute approximate surface area is 63.4 Å². The minimum Gasteiger partial charge on any atom is -0.270 e. The molecule has 1 heteroatoms. The van der Waals surface area contributed by atoms with Gasteiger partial charge in [-0.2, -0.15) is 6.08 Å². The molecule has 1 aliphatic rings. The number of hydrogen-bond acceptors (Lipinski definition) is 0. The van der Waals surface area contributed by atoms with E-state index in [0.717, 1.165) is 6.42 Å². The average molecular weight is 170 g/mol. The molecule has 0 unspecified atom stereocenters. The van der Waals surface area contributed by atoms with Crippen molar-refractivity contribution in [3.8, 4) is 0 Å². The minimum atomic E-state index is 0. The summed E-state index contributed by atoms with van der Waals surface area (Å²) in [6.07, 6.45) is 8.33. The molecular weight excluding hydrogens is 163 g/mol. The van der Waals surface area contributed by atoms with Crippen molar-refractivity contribution in [2.24, 2.45) is 0 Å². The van der Waals surface area contributed by atoms with Crippen LogP contribution < -0.4 is 0 Å². The molecule has 0 nitrogen and oxygen atoms in total. The summed E-state index contributed by atoms with van der Waals surface area (Å²) in [5, 5.41) is 0. The van der Waals surface area contributed by atoms with Gasteiger partial charge in [0.2, 0.25) is 0 Å². The molecule has 0 aromatic rings. The van der Waals surface area contributed by atoms with E-state index in [-0.39, 0.29) is 26.2 Å². The molecule has 0 heterocycles. The van der Waals surface area contributed by atoms with Crippen LogP contribution in [0.15, 0.2) is 17.7 Å². The fourth-order valence-corrected chi connectivity index (χ4v) is 0.515. The van der Waals surface area contributed by atoms with Crippen LogP contribution in [0.2, 0.25) is 0 Å². The first-order valence-electron chi connectivity index (χ1n) is 2.13. The molecule has 0 radical (unpaired) electrons. The van der Waals surface area contributed by atoms with Crippen molar-refractivity contribution in [1.82, 2.24) is 0 Å². The molecule has 0 atom stereocenters. The second kappa shape index (κ2) is 3.38. The van der Waals surface area contributed by atoms with Gasteiger partial charge >= 0.3 is 0 Å². The van der Waals surface area contributed by atoms with Crippen molar-refractivity contribution in [2.45, 2.75) is 13.3 Å². The molecule has 0 aromatic carbocycles. The van der Waals surface area contributed by atoms with Crippen molar-refractivity contribution in [2.75, 3.05) is 0 Å². The van der Waals surface area contributed by atoms with Gasteiger partial charge in [0, 0.05) is 26.2 Å². The maximum absolute atomic E-state index is 3.12. The van der Waals surface area contributed by atoms with Crippen LogP contribution >= 0.6 is 0 Å². The summed E-state index contributed by atoms with van der Waals surface area (Å²) >= 11 is 0. The van der Waals surface area contributed by atoms with Crippen LogP contribution in [0.1, 0.15) is 13.3 Å². The molecule has 1 aliphatic carbocycles. The van der Waals surface area contributed by atoms with E-state index in [1.54, 1.807) is 0 Å². The average Bonchev–Trinajstić information content (AvgIpc) is 1.86. The monoisotopic (exact) mass is 169 g/mol. The van der Waals surface area contributed by atoms with Gasteiger partial charge in [-0.15, -0.1) is 6.42 Å². The molecular formula is C6H7Zr-. The summed E-state index contributed by atoms with van der Waals surface area (Å²) in [6, 6.07) is 0. The van der Waals surface area contributed by atoms with Crippen molar-refractivity contribution in [3.63, 3.8) is 0 Å². The van der Waals surface area contributed by atoms with Crippen LogP contribution in [0.25, 0.3) is 0 Å². The number of allylic oxidation sites excluding steroid dienone is 4. The van der Waals surface area contributed by atoms with Gasteiger partial charge in [0.15, 0.2) is 0 Å². The topological polar surface area (TPSA) is 0 Å². The molecule has 0 aliphatic heterocycles. The van der Waals surface area contributed by atoms with E-state index in [9.17, 15) is 0 Å². The van der Waals surface area contributed by atoms with Gasteiger partial charge in [-0.3, -0.25) is 6.08 Å². The summed E-state index contributed by atoms with van der Waals surface area (Å²) in [5.41, 5.74) is 1.27. The zero-order valence-corrected chi connectivity index (χ0v) is 6.82. The predicted molar refractivity (Wildman–Crippen MR) is 26.2 cm³/mol. The Morgan fingerprint density at radius 1 is 1.71 bits per heavy atom. The Kier molecular flexibility index (Phi) is 3.55. The maximum atomic E-state index is 3.12. The van der Waals surface area contributed by atoms with E-state index in [1.165, 1.54) is 5.57 Å². The number of hydrogen-bond donors (Lipinski definition) is 0. The molecule has 0 saturated heterocycles. The van der Waals surface area contributed by atoms with E-state index in [0.29, 0.717) is 0 Å². The van der Waals surface area contributed by atoms with E-state index in [2.05, 4.69) is 25.2 Å². The number of rotatable bonds is 0. The molecule has 0 bridgehead atoms. The van der Waals surface area contributed by atoms with Crippen LogP contribution in [0.5, 0.6) is 0 Å². The van der Waals surface area contributed by atoms with Gasteiger partial charge in [0.25, 0.3) is 0 Å². The summed E-state index contributed by atoms with van der Waals surface area (Å²) in [7, 11) is 0. The first-order valence-corrected chi connectivity index (χ1v) is 2.13. The molecule has 0 spiro atoms. The van der Waals surface area contributed by atoms with Gasteiger partial charge in [-0.05, 0) is 0 Å². The van der Waals surface area contributed by atoms with E-state index >= 15 is 0 Å². The molecule has 0 N–H and O–H groups in total. The Bertz CT molecular complexity index is 98.0. The zero-order valence-electron chi connectivity index (χ0n) is 4.36. The molecule has 0 amide bonds. The molecule has 0 fully saturated rings. The fraction of sp³-hybridized carbons (Fsp3) is 0.333. The summed E-state index contributed by atoms with van der Waals surface area (Å²) in [6.45, 7) is 2.06. The molecule has 36 valence electrons. The third-order valence-corrected chi connectivity index (χ3v) is 0.867. The minimum absolute atomic E-state index is 0. The third kappa shape index (κ3) is 2.23. The normalized spacial score (nSPS) is 15.9. The summed E-state index contributed by atoms with van der Waals surface area (Å²) in [5.74, 6) is 0. The molecule has 0 aromatic heterocycles. The Hall–Kier alpha value is 0.363. The first kappa shape index (κ1) is 7.36. The van der Waals surface area contributed by atoms with E-state index in [4.69, 9.17) is 0 Å². The van der Waals surface area contributed by atoms with Gasteiger partial charge in [-0.1, -0.05) is 6.92 Å². The Morgan fingerprint density at radius 3 is 2.57 bits per heavy atom. The molecule has 7 heavy (non-hydrogen) atoms. The van der Waals surface area contributed by atoms with Crippen molar-refractivity contribution in [3.05, 3.63) is 23.8 Å². The van der Waals surface area contributed by atoms with Crippen molar-refractivity contribution >= 4 is 0 Å². The third-order valence-electron chi connectivity index (χ3n) is 0.867. The van der Waals surface area contributed by atoms with Crippen LogP contribution in [0, 0.1) is 6.08 Å². The molecule has 1 rings (SSSR count). The van der Waals surface area contributed by atoms with Crippen molar-refractivity contribution < 1.29 is 26.2 Å². The van der Waals surface area contributed by atoms with Crippen LogP contribution in [0.4, 0.5) is 0 Å². The maximum Gasteiger partial charge on any atom is 0 e. The largest absolute Gasteiger partial charge is 0.270 e. The van der Waals surface area contributed by atoms with Crippen LogP contribution in [0.3, 0.4) is 0 Å². The Balaban J connectivity index is 0.000000360. The second-order valence-corrected chi connectivity index (χ2v) is 1.47. The van der Waals surface area contributed by atoms with Crippen LogP contribution in [-0.4, -0.2) is 0 Å². The van der Waals surface area contributed by atoms with Crippen LogP contribution in [-0.2, 0) is 26.2 Å².